The highest BCUT2D eigenvalue weighted by Gasteiger charge is 2.08. The van der Waals surface area contributed by atoms with Crippen LogP contribution in [0, 0.1) is 6.92 Å². The summed E-state index contributed by atoms with van der Waals surface area (Å²) in [5, 5.41) is 3.20. The molecule has 0 saturated heterocycles. The maximum Gasteiger partial charge on any atom is 0.223 e. The Balaban J connectivity index is 2.35. The monoisotopic (exact) mass is 231 g/mol. The van der Waals surface area contributed by atoms with Gasteiger partial charge in [0.05, 0.1) is 0 Å². The van der Waals surface area contributed by atoms with Gasteiger partial charge in [0.15, 0.2) is 5.82 Å². The lowest BCUT2D eigenvalue weighted by atomic mass is 10.3. The lowest BCUT2D eigenvalue weighted by Crippen LogP contribution is -2.06. The predicted octanol–water partition coefficient (Wildman–Crippen LogP) is 2.01. The predicted molar refractivity (Wildman–Crippen MR) is 67.8 cm³/mol. The third-order valence-corrected chi connectivity index (χ3v) is 2.44. The second kappa shape index (κ2) is 4.95. The zero-order valence-electron chi connectivity index (χ0n) is 10.4. The minimum absolute atomic E-state index is 0.671. The standard InChI is InChI=1S/C12H17N5/c1-4-5-14-12-15-9(2)8-10(16-12)11-13-6-7-17(11)3/h6-8H,4-5H2,1-3H3,(H,14,15,16). The zero-order valence-corrected chi connectivity index (χ0v) is 10.4. The van der Waals surface area contributed by atoms with Gasteiger partial charge in [0.25, 0.3) is 0 Å². The van der Waals surface area contributed by atoms with Gasteiger partial charge in [0.1, 0.15) is 5.69 Å². The molecule has 2 heterocycles. The van der Waals surface area contributed by atoms with E-state index in [0.717, 1.165) is 30.2 Å². The van der Waals surface area contributed by atoms with Crippen molar-refractivity contribution in [2.45, 2.75) is 20.3 Å². The van der Waals surface area contributed by atoms with Crippen molar-refractivity contribution in [2.75, 3.05) is 11.9 Å². The summed E-state index contributed by atoms with van der Waals surface area (Å²) in [5.41, 5.74) is 1.79. The van der Waals surface area contributed by atoms with E-state index in [0.29, 0.717) is 5.95 Å². The summed E-state index contributed by atoms with van der Waals surface area (Å²) < 4.78 is 1.95. The Kier molecular flexibility index (Phi) is 3.37. The molecule has 0 amide bonds. The fourth-order valence-electron chi connectivity index (χ4n) is 1.61. The maximum atomic E-state index is 4.47. The number of hydrogen-bond donors (Lipinski definition) is 1. The molecule has 0 bridgehead atoms. The summed E-state index contributed by atoms with van der Waals surface area (Å²) in [6, 6.07) is 1.94. The molecule has 0 atom stereocenters. The molecule has 2 rings (SSSR count). The van der Waals surface area contributed by atoms with Crippen molar-refractivity contribution in [1.82, 2.24) is 19.5 Å². The minimum atomic E-state index is 0.671. The first-order chi connectivity index (χ1) is 8.20. The van der Waals surface area contributed by atoms with E-state index in [1.165, 1.54) is 0 Å². The Hall–Kier alpha value is -1.91. The van der Waals surface area contributed by atoms with Gasteiger partial charge in [-0.05, 0) is 19.4 Å². The van der Waals surface area contributed by atoms with E-state index in [9.17, 15) is 0 Å². The van der Waals surface area contributed by atoms with E-state index in [1.807, 2.05) is 30.8 Å². The third-order valence-electron chi connectivity index (χ3n) is 2.44. The molecule has 0 aliphatic heterocycles. The van der Waals surface area contributed by atoms with Crippen LogP contribution in [0.4, 0.5) is 5.95 Å². The van der Waals surface area contributed by atoms with Crippen LogP contribution in [-0.2, 0) is 7.05 Å². The van der Waals surface area contributed by atoms with Crippen molar-refractivity contribution >= 4 is 5.95 Å². The number of aromatic nitrogens is 4. The van der Waals surface area contributed by atoms with Gasteiger partial charge in [0.2, 0.25) is 5.95 Å². The van der Waals surface area contributed by atoms with Crippen LogP contribution in [0.5, 0.6) is 0 Å². The van der Waals surface area contributed by atoms with Crippen molar-refractivity contribution < 1.29 is 0 Å². The van der Waals surface area contributed by atoms with Crippen molar-refractivity contribution in [3.63, 3.8) is 0 Å². The molecule has 0 aliphatic rings. The highest BCUT2D eigenvalue weighted by atomic mass is 15.1. The van der Waals surface area contributed by atoms with E-state index in [-0.39, 0.29) is 0 Å². The van der Waals surface area contributed by atoms with Crippen molar-refractivity contribution in [2.24, 2.45) is 7.05 Å². The number of nitrogens with one attached hydrogen (secondary N) is 1. The van der Waals surface area contributed by atoms with Gasteiger partial charge in [-0.15, -0.1) is 0 Å². The summed E-state index contributed by atoms with van der Waals surface area (Å²) in [5.74, 6) is 1.53. The molecule has 0 aliphatic carbocycles. The maximum absolute atomic E-state index is 4.47. The second-order valence-corrected chi connectivity index (χ2v) is 4.01. The summed E-state index contributed by atoms with van der Waals surface area (Å²) in [6.07, 6.45) is 4.73. The highest BCUT2D eigenvalue weighted by molar-refractivity contribution is 5.52. The van der Waals surface area contributed by atoms with Gasteiger partial charge < -0.3 is 9.88 Å². The quantitative estimate of drug-likeness (QED) is 0.874. The lowest BCUT2D eigenvalue weighted by molar-refractivity contribution is 0.907. The van der Waals surface area contributed by atoms with E-state index in [1.54, 1.807) is 6.20 Å². The molecule has 90 valence electrons. The van der Waals surface area contributed by atoms with Gasteiger partial charge in [-0.25, -0.2) is 15.0 Å². The van der Waals surface area contributed by atoms with Crippen LogP contribution in [0.25, 0.3) is 11.5 Å². The van der Waals surface area contributed by atoms with Gasteiger partial charge >= 0.3 is 0 Å². The Morgan fingerprint density at radius 3 is 2.82 bits per heavy atom. The van der Waals surface area contributed by atoms with Crippen LogP contribution < -0.4 is 5.32 Å². The Morgan fingerprint density at radius 2 is 2.18 bits per heavy atom. The van der Waals surface area contributed by atoms with E-state index < -0.39 is 0 Å². The van der Waals surface area contributed by atoms with Gasteiger partial charge in [0, 0.05) is 31.7 Å². The molecule has 0 spiro atoms. The van der Waals surface area contributed by atoms with E-state index in [2.05, 4.69) is 27.2 Å². The number of nitrogens with zero attached hydrogens (tertiary/aromatic N) is 4. The summed E-state index contributed by atoms with van der Waals surface area (Å²) >= 11 is 0. The molecule has 5 heteroatoms. The molecule has 2 aromatic heterocycles. The first-order valence-electron chi connectivity index (χ1n) is 5.78. The average molecular weight is 231 g/mol. The summed E-state index contributed by atoms with van der Waals surface area (Å²) in [4.78, 5) is 13.1. The van der Waals surface area contributed by atoms with Gasteiger partial charge in [-0.1, -0.05) is 6.92 Å². The zero-order chi connectivity index (χ0) is 12.3. The van der Waals surface area contributed by atoms with Gasteiger partial charge in [-0.3, -0.25) is 0 Å². The largest absolute Gasteiger partial charge is 0.354 e. The van der Waals surface area contributed by atoms with Crippen LogP contribution in [0.2, 0.25) is 0 Å². The Bertz CT molecular complexity index is 503. The molecule has 2 aromatic rings. The molecule has 0 unspecified atom stereocenters. The van der Waals surface area contributed by atoms with E-state index >= 15 is 0 Å². The Morgan fingerprint density at radius 1 is 1.35 bits per heavy atom. The fraction of sp³-hybridized carbons (Fsp3) is 0.417. The van der Waals surface area contributed by atoms with Crippen LogP contribution in [0.15, 0.2) is 18.5 Å². The third kappa shape index (κ3) is 2.61. The molecule has 5 nitrogen and oxygen atoms in total. The van der Waals surface area contributed by atoms with Crippen LogP contribution >= 0.6 is 0 Å². The highest BCUT2D eigenvalue weighted by Crippen LogP contribution is 2.16. The minimum Gasteiger partial charge on any atom is -0.354 e. The summed E-state index contributed by atoms with van der Waals surface area (Å²) in [7, 11) is 1.96. The van der Waals surface area contributed by atoms with Crippen molar-refractivity contribution in [1.29, 1.82) is 0 Å². The molecule has 0 aromatic carbocycles. The second-order valence-electron chi connectivity index (χ2n) is 4.01. The normalized spacial score (nSPS) is 10.5. The topological polar surface area (TPSA) is 55.6 Å². The first-order valence-corrected chi connectivity index (χ1v) is 5.78. The number of rotatable bonds is 4. The Labute approximate surface area is 101 Å². The molecule has 1 N–H and O–H groups in total. The molecule has 0 radical (unpaired) electrons. The van der Waals surface area contributed by atoms with Gasteiger partial charge in [-0.2, -0.15) is 0 Å². The molecule has 17 heavy (non-hydrogen) atoms. The number of aryl methyl sites for hydroxylation is 2. The molecular formula is C12H17N5. The van der Waals surface area contributed by atoms with Crippen LogP contribution in [-0.4, -0.2) is 26.1 Å². The number of hydrogen-bond acceptors (Lipinski definition) is 4. The number of imidazole rings is 1. The van der Waals surface area contributed by atoms with E-state index in [4.69, 9.17) is 0 Å². The average Bonchev–Trinajstić information content (AvgIpc) is 2.72. The molecular weight excluding hydrogens is 214 g/mol. The first kappa shape index (κ1) is 11.6. The SMILES string of the molecule is CCCNc1nc(C)cc(-c2nccn2C)n1. The molecule has 0 saturated carbocycles. The number of anilines is 1. The smallest absolute Gasteiger partial charge is 0.223 e. The van der Waals surface area contributed by atoms with Crippen molar-refractivity contribution in [3.05, 3.63) is 24.2 Å². The summed E-state index contributed by atoms with van der Waals surface area (Å²) in [6.45, 7) is 4.96. The van der Waals surface area contributed by atoms with Crippen LogP contribution in [0.3, 0.4) is 0 Å². The van der Waals surface area contributed by atoms with Crippen molar-refractivity contribution in [3.8, 4) is 11.5 Å². The molecule has 0 fully saturated rings. The lowest BCUT2D eigenvalue weighted by Gasteiger charge is -2.07. The fourth-order valence-corrected chi connectivity index (χ4v) is 1.61. The van der Waals surface area contributed by atoms with Crippen LogP contribution in [0.1, 0.15) is 19.0 Å².